The van der Waals surface area contributed by atoms with Gasteiger partial charge in [0.25, 0.3) is 0 Å². The zero-order chi connectivity index (χ0) is 18.5. The topological polar surface area (TPSA) is 82.7 Å². The molecule has 1 aliphatic rings. The summed E-state index contributed by atoms with van der Waals surface area (Å²) in [6.45, 7) is 2.38. The van der Waals surface area contributed by atoms with Crippen LogP contribution in [0, 0.1) is 5.82 Å². The molecule has 0 aliphatic carbocycles. The molecule has 0 saturated carbocycles. The zero-order valence-electron chi connectivity index (χ0n) is 14.8. The second-order valence-corrected chi connectivity index (χ2v) is 6.69. The van der Waals surface area contributed by atoms with E-state index >= 15 is 0 Å². The Morgan fingerprint density at radius 1 is 1.35 bits per heavy atom. The first kappa shape index (κ1) is 18.5. The maximum absolute atomic E-state index is 13.0. The molecule has 8 heteroatoms. The van der Waals surface area contributed by atoms with Crippen molar-refractivity contribution >= 4 is 5.97 Å². The Balaban J connectivity index is 1.56. The molecule has 2 aromatic rings. The van der Waals surface area contributed by atoms with E-state index in [1.807, 2.05) is 11.9 Å². The summed E-state index contributed by atoms with van der Waals surface area (Å²) in [5, 5.41) is 12.9. The van der Waals surface area contributed by atoms with Gasteiger partial charge in [0.2, 0.25) is 11.7 Å². The number of hydrogen-bond donors (Lipinski definition) is 1. The second kappa shape index (κ2) is 8.37. The molecule has 0 bridgehead atoms. The van der Waals surface area contributed by atoms with Gasteiger partial charge in [0, 0.05) is 18.2 Å². The molecule has 26 heavy (non-hydrogen) atoms. The summed E-state index contributed by atoms with van der Waals surface area (Å²) in [5.41, 5.74) is 0.715. The third kappa shape index (κ3) is 4.86. The lowest BCUT2D eigenvalue weighted by Crippen LogP contribution is -2.36. The molecule has 140 valence electrons. The Kier molecular flexibility index (Phi) is 5.95. The fraction of sp³-hybridized carbons (Fsp3) is 0.500. The summed E-state index contributed by atoms with van der Waals surface area (Å²) >= 11 is 0. The molecule has 1 saturated heterocycles. The lowest BCUT2D eigenvalue weighted by atomic mass is 10.1. The van der Waals surface area contributed by atoms with Gasteiger partial charge in [-0.05, 0) is 57.1 Å². The summed E-state index contributed by atoms with van der Waals surface area (Å²) in [6, 6.07) is 6.26. The quantitative estimate of drug-likeness (QED) is 0.844. The van der Waals surface area contributed by atoms with Gasteiger partial charge >= 0.3 is 5.97 Å². The number of likely N-dealkylation sites (tertiary alicyclic amines) is 1. The van der Waals surface area contributed by atoms with E-state index in [1.165, 1.54) is 12.1 Å². The zero-order valence-corrected chi connectivity index (χ0v) is 14.8. The Morgan fingerprint density at radius 2 is 2.12 bits per heavy atom. The average Bonchev–Trinajstić information content (AvgIpc) is 2.93. The van der Waals surface area contributed by atoms with Gasteiger partial charge in [0.15, 0.2) is 0 Å². The maximum Gasteiger partial charge on any atom is 0.317 e. The predicted molar refractivity (Wildman–Crippen MR) is 92.9 cm³/mol. The minimum absolute atomic E-state index is 0.0648. The van der Waals surface area contributed by atoms with Crippen molar-refractivity contribution in [2.45, 2.75) is 31.8 Å². The van der Waals surface area contributed by atoms with E-state index in [2.05, 4.69) is 15.0 Å². The minimum atomic E-state index is -0.798. The van der Waals surface area contributed by atoms with Crippen molar-refractivity contribution in [3.8, 4) is 11.4 Å². The highest BCUT2D eigenvalue weighted by Gasteiger charge is 2.22. The van der Waals surface area contributed by atoms with E-state index in [4.69, 9.17) is 9.63 Å². The van der Waals surface area contributed by atoms with Crippen LogP contribution in [-0.4, -0.2) is 63.7 Å². The number of halogens is 1. The lowest BCUT2D eigenvalue weighted by Gasteiger charge is -2.25. The van der Waals surface area contributed by atoms with Crippen LogP contribution in [0.15, 0.2) is 28.8 Å². The number of hydrogen-bond acceptors (Lipinski definition) is 6. The molecular formula is C18H23FN4O3. The van der Waals surface area contributed by atoms with E-state index in [-0.39, 0.29) is 18.4 Å². The van der Waals surface area contributed by atoms with Crippen LogP contribution in [-0.2, 0) is 11.3 Å². The highest BCUT2D eigenvalue weighted by Crippen LogP contribution is 2.19. The van der Waals surface area contributed by atoms with Crippen molar-refractivity contribution in [3.05, 3.63) is 36.0 Å². The van der Waals surface area contributed by atoms with Gasteiger partial charge in [-0.15, -0.1) is 0 Å². The molecule has 1 aromatic heterocycles. The average molecular weight is 362 g/mol. The van der Waals surface area contributed by atoms with Crippen molar-refractivity contribution < 1.29 is 18.8 Å². The predicted octanol–water partition coefficient (Wildman–Crippen LogP) is 2.25. The van der Waals surface area contributed by atoms with E-state index in [9.17, 15) is 9.18 Å². The third-order valence-electron chi connectivity index (χ3n) is 4.73. The number of benzene rings is 1. The van der Waals surface area contributed by atoms with E-state index in [0.717, 1.165) is 32.4 Å². The van der Waals surface area contributed by atoms with E-state index < -0.39 is 5.97 Å². The molecule has 0 amide bonds. The third-order valence-corrected chi connectivity index (χ3v) is 4.73. The van der Waals surface area contributed by atoms with Crippen LogP contribution in [0.2, 0.25) is 0 Å². The van der Waals surface area contributed by atoms with Crippen molar-refractivity contribution in [1.29, 1.82) is 0 Å². The van der Waals surface area contributed by atoms with Gasteiger partial charge in [-0.1, -0.05) is 5.16 Å². The van der Waals surface area contributed by atoms with Crippen LogP contribution in [0.4, 0.5) is 4.39 Å². The molecule has 1 atom stereocenters. The van der Waals surface area contributed by atoms with Crippen molar-refractivity contribution in [2.75, 3.05) is 26.7 Å². The molecule has 0 radical (unpaired) electrons. The highest BCUT2D eigenvalue weighted by molar-refractivity contribution is 5.69. The summed E-state index contributed by atoms with van der Waals surface area (Å²) < 4.78 is 18.3. The van der Waals surface area contributed by atoms with Gasteiger partial charge < -0.3 is 9.63 Å². The monoisotopic (exact) mass is 362 g/mol. The smallest absolute Gasteiger partial charge is 0.317 e. The van der Waals surface area contributed by atoms with Gasteiger partial charge in [-0.25, -0.2) is 4.39 Å². The number of rotatable bonds is 6. The van der Waals surface area contributed by atoms with Crippen molar-refractivity contribution in [3.63, 3.8) is 0 Å². The number of carboxylic acid groups (broad SMARTS) is 1. The molecule has 1 unspecified atom stereocenters. The van der Waals surface area contributed by atoms with Crippen molar-refractivity contribution in [1.82, 2.24) is 19.9 Å². The second-order valence-electron chi connectivity index (χ2n) is 6.69. The first-order valence-corrected chi connectivity index (χ1v) is 8.74. The van der Waals surface area contributed by atoms with Crippen molar-refractivity contribution in [2.24, 2.45) is 0 Å². The fourth-order valence-electron chi connectivity index (χ4n) is 3.31. The van der Waals surface area contributed by atoms with Gasteiger partial charge in [0.1, 0.15) is 5.82 Å². The number of aliphatic carboxylic acids is 1. The Labute approximate surface area is 151 Å². The largest absolute Gasteiger partial charge is 0.480 e. The maximum atomic E-state index is 13.0. The minimum Gasteiger partial charge on any atom is -0.480 e. The molecule has 7 nitrogen and oxygen atoms in total. The van der Waals surface area contributed by atoms with Crippen LogP contribution < -0.4 is 0 Å². The molecule has 1 fully saturated rings. The van der Waals surface area contributed by atoms with E-state index in [0.29, 0.717) is 23.8 Å². The van der Waals surface area contributed by atoms with Gasteiger partial charge in [-0.3, -0.25) is 14.6 Å². The fourth-order valence-corrected chi connectivity index (χ4v) is 3.31. The molecule has 0 spiro atoms. The van der Waals surface area contributed by atoms with Crippen LogP contribution in [0.25, 0.3) is 11.4 Å². The number of nitrogens with zero attached hydrogens (tertiary/aromatic N) is 4. The van der Waals surface area contributed by atoms with Crippen LogP contribution in [0.5, 0.6) is 0 Å². The van der Waals surface area contributed by atoms with Crippen LogP contribution in [0.3, 0.4) is 0 Å². The Bertz CT molecular complexity index is 734. The van der Waals surface area contributed by atoms with Crippen LogP contribution in [0.1, 0.15) is 25.2 Å². The molecule has 3 rings (SSSR count). The lowest BCUT2D eigenvalue weighted by molar-refractivity contribution is -0.138. The highest BCUT2D eigenvalue weighted by atomic mass is 19.1. The summed E-state index contributed by atoms with van der Waals surface area (Å²) in [5.74, 6) is -0.118. The molecule has 2 heterocycles. The van der Waals surface area contributed by atoms with Crippen LogP contribution >= 0.6 is 0 Å². The number of carboxylic acids is 1. The van der Waals surface area contributed by atoms with Gasteiger partial charge in [-0.2, -0.15) is 4.98 Å². The first-order chi connectivity index (χ1) is 12.5. The standard InChI is InChI=1S/C18H23FN4O3/c1-22(12-17(24)25)15-3-2-9-23(10-8-15)11-16-20-18(21-26-16)13-4-6-14(19)7-5-13/h4-7,15H,2-3,8-12H2,1H3,(H,24,25). The number of carbonyl (C=O) groups is 1. The molecule has 1 aliphatic heterocycles. The van der Waals surface area contributed by atoms with Gasteiger partial charge in [0.05, 0.1) is 13.1 Å². The molecule has 1 aromatic carbocycles. The Morgan fingerprint density at radius 3 is 2.85 bits per heavy atom. The summed E-state index contributed by atoms with van der Waals surface area (Å²) in [7, 11) is 1.86. The number of likely N-dealkylation sites (N-methyl/N-ethyl adjacent to an activating group) is 1. The first-order valence-electron chi connectivity index (χ1n) is 8.74. The molecular weight excluding hydrogens is 339 g/mol. The Hall–Kier alpha value is -2.32. The SMILES string of the molecule is CN(CC(=O)O)C1CCCN(Cc2nc(-c3ccc(F)cc3)no2)CC1. The molecule has 1 N–H and O–H groups in total. The summed E-state index contributed by atoms with van der Waals surface area (Å²) in [4.78, 5) is 19.4. The normalized spacial score (nSPS) is 18.8. The van der Waals surface area contributed by atoms with E-state index in [1.54, 1.807) is 12.1 Å². The number of aromatic nitrogens is 2. The summed E-state index contributed by atoms with van der Waals surface area (Å²) in [6.07, 6.45) is 2.88.